The average molecular weight is 319 g/mol. The Morgan fingerprint density at radius 2 is 2.05 bits per heavy atom. The molecule has 0 aliphatic heterocycles. The number of carbonyl (C=O) groups excluding carboxylic acids is 1. The number of nitrogens with one attached hydrogen (secondary N) is 1. The van der Waals surface area contributed by atoms with E-state index < -0.39 is 0 Å². The van der Waals surface area contributed by atoms with Crippen LogP contribution in [0.1, 0.15) is 43.1 Å². The van der Waals surface area contributed by atoms with Crippen LogP contribution in [0.25, 0.3) is 0 Å². The third kappa shape index (κ3) is 5.31. The molecule has 0 fully saturated rings. The zero-order valence-electron chi connectivity index (χ0n) is 12.5. The fraction of sp³-hybridized carbons (Fsp3) is 0.533. The number of aryl methyl sites for hydroxylation is 1. The second-order valence-electron chi connectivity index (χ2n) is 5.78. The Hall–Kier alpha value is -0.770. The number of amides is 1. The quantitative estimate of drug-likeness (QED) is 0.872. The van der Waals surface area contributed by atoms with E-state index in [2.05, 4.69) is 19.2 Å². The molecule has 20 heavy (non-hydrogen) atoms. The van der Waals surface area contributed by atoms with Crippen molar-refractivity contribution in [3.63, 3.8) is 0 Å². The number of halogens is 2. The molecule has 3 nitrogen and oxygen atoms in total. The highest BCUT2D eigenvalue weighted by Crippen LogP contribution is 2.19. The van der Waals surface area contributed by atoms with Gasteiger partial charge < -0.3 is 11.1 Å². The summed E-state index contributed by atoms with van der Waals surface area (Å²) in [7, 11) is 0. The molecule has 0 spiro atoms. The molecule has 0 aliphatic rings. The Morgan fingerprint density at radius 3 is 2.55 bits per heavy atom. The molecular formula is C15H24Cl2N2O. The molecule has 1 rings (SSSR count). The Balaban J connectivity index is 0.00000361. The van der Waals surface area contributed by atoms with Gasteiger partial charge in [0.25, 0.3) is 5.91 Å². The van der Waals surface area contributed by atoms with Gasteiger partial charge in [-0.05, 0) is 43.9 Å². The summed E-state index contributed by atoms with van der Waals surface area (Å²) < 4.78 is 0. The number of hydrogen-bond acceptors (Lipinski definition) is 2. The highest BCUT2D eigenvalue weighted by atomic mass is 35.5. The Labute approximate surface area is 132 Å². The van der Waals surface area contributed by atoms with Gasteiger partial charge in [0.2, 0.25) is 0 Å². The molecule has 0 saturated heterocycles. The normalized spacial score (nSPS) is 13.6. The standard InChI is InChI=1S/C15H23ClN2O.ClH/c1-10(2)8-15(4,9-17)18-14(19)13-7-12(16)6-5-11(13)3;/h5-7,10H,8-9,17H2,1-4H3,(H,18,19);1H. The molecule has 0 aromatic heterocycles. The van der Waals surface area contributed by atoms with Crippen LogP contribution < -0.4 is 11.1 Å². The summed E-state index contributed by atoms with van der Waals surface area (Å²) in [5.41, 5.74) is 6.94. The topological polar surface area (TPSA) is 55.1 Å². The van der Waals surface area contributed by atoms with Gasteiger partial charge in [-0.15, -0.1) is 12.4 Å². The molecule has 1 aromatic rings. The fourth-order valence-electron chi connectivity index (χ4n) is 2.27. The number of benzene rings is 1. The molecule has 0 saturated carbocycles. The fourth-order valence-corrected chi connectivity index (χ4v) is 2.44. The first kappa shape index (κ1) is 19.2. The number of carbonyl (C=O) groups is 1. The SMILES string of the molecule is Cc1ccc(Cl)cc1C(=O)NC(C)(CN)CC(C)C.Cl. The molecule has 1 amide bonds. The summed E-state index contributed by atoms with van der Waals surface area (Å²) in [4.78, 5) is 12.3. The van der Waals surface area contributed by atoms with E-state index in [0.29, 0.717) is 23.0 Å². The molecule has 0 heterocycles. The van der Waals surface area contributed by atoms with E-state index in [1.165, 1.54) is 0 Å². The van der Waals surface area contributed by atoms with Gasteiger partial charge in [-0.3, -0.25) is 4.79 Å². The average Bonchev–Trinajstić information content (AvgIpc) is 2.31. The van der Waals surface area contributed by atoms with Crippen molar-refractivity contribution in [2.24, 2.45) is 11.7 Å². The smallest absolute Gasteiger partial charge is 0.252 e. The molecule has 1 aromatic carbocycles. The van der Waals surface area contributed by atoms with Gasteiger partial charge in [0, 0.05) is 22.7 Å². The van der Waals surface area contributed by atoms with Crippen LogP contribution in [0, 0.1) is 12.8 Å². The summed E-state index contributed by atoms with van der Waals surface area (Å²) in [5, 5.41) is 3.60. The summed E-state index contributed by atoms with van der Waals surface area (Å²) in [6, 6.07) is 5.32. The zero-order chi connectivity index (χ0) is 14.6. The first-order valence-electron chi connectivity index (χ1n) is 6.56. The summed E-state index contributed by atoms with van der Waals surface area (Å²) in [5.74, 6) is 0.350. The van der Waals surface area contributed by atoms with Gasteiger partial charge >= 0.3 is 0 Å². The summed E-state index contributed by atoms with van der Waals surface area (Å²) >= 11 is 5.95. The minimum atomic E-state index is -0.389. The Morgan fingerprint density at radius 1 is 1.45 bits per heavy atom. The molecule has 5 heteroatoms. The van der Waals surface area contributed by atoms with E-state index in [0.717, 1.165) is 12.0 Å². The van der Waals surface area contributed by atoms with Gasteiger partial charge in [0.1, 0.15) is 0 Å². The van der Waals surface area contributed by atoms with Crippen molar-refractivity contribution in [2.75, 3.05) is 6.54 Å². The number of nitrogens with two attached hydrogens (primary N) is 1. The van der Waals surface area contributed by atoms with Crippen molar-refractivity contribution >= 4 is 29.9 Å². The van der Waals surface area contributed by atoms with Crippen molar-refractivity contribution < 1.29 is 4.79 Å². The van der Waals surface area contributed by atoms with E-state index in [1.807, 2.05) is 19.9 Å². The first-order valence-corrected chi connectivity index (χ1v) is 6.94. The lowest BCUT2D eigenvalue weighted by Crippen LogP contribution is -2.52. The highest BCUT2D eigenvalue weighted by molar-refractivity contribution is 6.31. The van der Waals surface area contributed by atoms with Crippen molar-refractivity contribution in [2.45, 2.75) is 39.7 Å². The monoisotopic (exact) mass is 318 g/mol. The predicted molar refractivity (Wildman–Crippen MR) is 87.8 cm³/mol. The largest absolute Gasteiger partial charge is 0.346 e. The van der Waals surface area contributed by atoms with Crippen LogP contribution in [0.2, 0.25) is 5.02 Å². The lowest BCUT2D eigenvalue weighted by Gasteiger charge is -2.31. The molecule has 114 valence electrons. The van der Waals surface area contributed by atoms with E-state index >= 15 is 0 Å². The van der Waals surface area contributed by atoms with Gasteiger partial charge in [0.15, 0.2) is 0 Å². The zero-order valence-corrected chi connectivity index (χ0v) is 14.1. The van der Waals surface area contributed by atoms with Crippen LogP contribution in [0.15, 0.2) is 18.2 Å². The molecule has 1 atom stereocenters. The lowest BCUT2D eigenvalue weighted by molar-refractivity contribution is 0.0897. The summed E-state index contributed by atoms with van der Waals surface area (Å²) in [6.45, 7) is 8.52. The number of hydrogen-bond donors (Lipinski definition) is 2. The van der Waals surface area contributed by atoms with Gasteiger partial charge in [-0.2, -0.15) is 0 Å². The highest BCUT2D eigenvalue weighted by Gasteiger charge is 2.26. The van der Waals surface area contributed by atoms with E-state index in [1.54, 1.807) is 12.1 Å². The minimum Gasteiger partial charge on any atom is -0.346 e. The predicted octanol–water partition coefficient (Wildman–Crippen LogP) is 3.56. The third-order valence-electron chi connectivity index (χ3n) is 3.17. The van der Waals surface area contributed by atoms with Gasteiger partial charge in [-0.25, -0.2) is 0 Å². The second kappa shape index (κ2) is 7.87. The number of rotatable bonds is 5. The maximum absolute atomic E-state index is 12.3. The van der Waals surface area contributed by atoms with Crippen molar-refractivity contribution in [1.29, 1.82) is 0 Å². The van der Waals surface area contributed by atoms with Crippen LogP contribution in [0.5, 0.6) is 0 Å². The Kier molecular flexibility index (Phi) is 7.56. The van der Waals surface area contributed by atoms with Crippen LogP contribution in [0.4, 0.5) is 0 Å². The lowest BCUT2D eigenvalue weighted by atomic mass is 9.90. The van der Waals surface area contributed by atoms with Crippen LogP contribution in [-0.4, -0.2) is 18.0 Å². The van der Waals surface area contributed by atoms with E-state index in [4.69, 9.17) is 17.3 Å². The first-order chi connectivity index (χ1) is 8.77. The molecule has 1 unspecified atom stereocenters. The maximum Gasteiger partial charge on any atom is 0.252 e. The molecule has 3 N–H and O–H groups in total. The van der Waals surface area contributed by atoms with Gasteiger partial charge in [0.05, 0.1) is 0 Å². The van der Waals surface area contributed by atoms with Crippen LogP contribution >= 0.6 is 24.0 Å². The van der Waals surface area contributed by atoms with Crippen molar-refractivity contribution in [3.05, 3.63) is 34.3 Å². The van der Waals surface area contributed by atoms with Gasteiger partial charge in [-0.1, -0.05) is 31.5 Å². The Bertz CT molecular complexity index is 463. The van der Waals surface area contributed by atoms with E-state index in [-0.39, 0.29) is 23.9 Å². The van der Waals surface area contributed by atoms with E-state index in [9.17, 15) is 4.79 Å². The third-order valence-corrected chi connectivity index (χ3v) is 3.40. The second-order valence-corrected chi connectivity index (χ2v) is 6.21. The van der Waals surface area contributed by atoms with Crippen LogP contribution in [0.3, 0.4) is 0 Å². The molecule has 0 bridgehead atoms. The summed E-state index contributed by atoms with van der Waals surface area (Å²) in [6.07, 6.45) is 0.842. The van der Waals surface area contributed by atoms with Crippen molar-refractivity contribution in [3.8, 4) is 0 Å². The molecule has 0 aliphatic carbocycles. The van der Waals surface area contributed by atoms with Crippen molar-refractivity contribution in [1.82, 2.24) is 5.32 Å². The molecular weight excluding hydrogens is 295 g/mol. The maximum atomic E-state index is 12.3. The minimum absolute atomic E-state index is 0. The molecule has 0 radical (unpaired) electrons. The van der Waals surface area contributed by atoms with Crippen LogP contribution in [-0.2, 0) is 0 Å².